The lowest BCUT2D eigenvalue weighted by Gasteiger charge is -2.15. The molecule has 25 heavy (non-hydrogen) atoms. The average molecular weight is 334 g/mol. The van der Waals surface area contributed by atoms with Gasteiger partial charge in [0.15, 0.2) is 0 Å². The number of hydrogen-bond donors (Lipinski definition) is 2. The Morgan fingerprint density at radius 2 is 1.68 bits per heavy atom. The van der Waals surface area contributed by atoms with Gasteiger partial charge in [-0.05, 0) is 30.7 Å². The van der Waals surface area contributed by atoms with Crippen LogP contribution in [0, 0.1) is 0 Å². The highest BCUT2D eigenvalue weighted by Gasteiger charge is 2.06. The average Bonchev–Trinajstić information content (AvgIpc) is 2.67. The van der Waals surface area contributed by atoms with Gasteiger partial charge in [0.1, 0.15) is 18.2 Å². The molecule has 0 bridgehead atoms. The number of anilines is 2. The van der Waals surface area contributed by atoms with Crippen LogP contribution in [0.2, 0.25) is 0 Å². The second-order valence-corrected chi connectivity index (χ2v) is 5.63. The maximum absolute atomic E-state index is 5.65. The lowest BCUT2D eigenvalue weighted by atomic mass is 10.1. The Balaban J connectivity index is 1.49. The Hall–Kier alpha value is -3.08. The molecule has 0 unspecified atom stereocenters. The van der Waals surface area contributed by atoms with Crippen molar-refractivity contribution in [3.05, 3.63) is 78.5 Å². The maximum atomic E-state index is 5.65. The van der Waals surface area contributed by atoms with E-state index in [2.05, 4.69) is 39.7 Å². The van der Waals surface area contributed by atoms with E-state index in [-0.39, 0.29) is 6.04 Å². The number of hydrogen-bond acceptors (Lipinski definition) is 5. The highest BCUT2D eigenvalue weighted by Crippen LogP contribution is 2.17. The standard InChI is InChI=1S/C20H22N4O/c1-16(17-8-4-2-5-9-17)23-19-12-13-21-20(24-19)22-14-15-25-18-10-6-3-7-11-18/h2-13,16H,14-15H2,1H3,(H2,21,22,23,24)/t16-/m1/s1. The van der Waals surface area contributed by atoms with E-state index >= 15 is 0 Å². The van der Waals surface area contributed by atoms with Crippen molar-refractivity contribution in [2.24, 2.45) is 0 Å². The van der Waals surface area contributed by atoms with Crippen LogP contribution in [0.4, 0.5) is 11.8 Å². The molecule has 0 fully saturated rings. The van der Waals surface area contributed by atoms with E-state index in [1.807, 2.05) is 54.6 Å². The van der Waals surface area contributed by atoms with Crippen molar-refractivity contribution in [1.29, 1.82) is 0 Å². The second-order valence-electron chi connectivity index (χ2n) is 5.63. The molecule has 1 atom stereocenters. The summed E-state index contributed by atoms with van der Waals surface area (Å²) in [4.78, 5) is 8.74. The van der Waals surface area contributed by atoms with Gasteiger partial charge in [0, 0.05) is 12.2 Å². The van der Waals surface area contributed by atoms with Crippen LogP contribution in [-0.4, -0.2) is 23.1 Å². The minimum Gasteiger partial charge on any atom is -0.492 e. The summed E-state index contributed by atoms with van der Waals surface area (Å²) in [5.74, 6) is 2.23. The summed E-state index contributed by atoms with van der Waals surface area (Å²) in [6, 6.07) is 22.1. The quantitative estimate of drug-likeness (QED) is 0.606. The number of aromatic nitrogens is 2. The van der Waals surface area contributed by atoms with Gasteiger partial charge in [0.25, 0.3) is 0 Å². The van der Waals surface area contributed by atoms with Crippen LogP contribution in [0.25, 0.3) is 0 Å². The van der Waals surface area contributed by atoms with Crippen molar-refractivity contribution in [1.82, 2.24) is 9.97 Å². The Kier molecular flexibility index (Phi) is 5.82. The number of rotatable bonds is 8. The molecular formula is C20H22N4O. The third kappa shape index (κ3) is 5.21. The molecule has 0 aliphatic rings. The Bertz CT molecular complexity index is 765. The molecule has 2 aromatic carbocycles. The highest BCUT2D eigenvalue weighted by atomic mass is 16.5. The van der Waals surface area contributed by atoms with Crippen molar-refractivity contribution >= 4 is 11.8 Å². The van der Waals surface area contributed by atoms with Gasteiger partial charge >= 0.3 is 0 Å². The van der Waals surface area contributed by atoms with E-state index in [1.165, 1.54) is 5.56 Å². The molecule has 3 rings (SSSR count). The van der Waals surface area contributed by atoms with Gasteiger partial charge in [-0.15, -0.1) is 0 Å². The van der Waals surface area contributed by atoms with Gasteiger partial charge in [-0.2, -0.15) is 4.98 Å². The molecular weight excluding hydrogens is 312 g/mol. The van der Waals surface area contributed by atoms with Crippen molar-refractivity contribution in [2.75, 3.05) is 23.8 Å². The molecule has 0 saturated carbocycles. The molecule has 1 heterocycles. The van der Waals surface area contributed by atoms with Gasteiger partial charge in [-0.3, -0.25) is 0 Å². The van der Waals surface area contributed by atoms with E-state index in [9.17, 15) is 0 Å². The molecule has 0 aliphatic carbocycles. The fraction of sp³-hybridized carbons (Fsp3) is 0.200. The number of benzene rings is 2. The fourth-order valence-electron chi connectivity index (χ4n) is 2.42. The molecule has 0 saturated heterocycles. The topological polar surface area (TPSA) is 59.1 Å². The minimum absolute atomic E-state index is 0.172. The van der Waals surface area contributed by atoms with Crippen molar-refractivity contribution in [2.45, 2.75) is 13.0 Å². The first kappa shape index (κ1) is 16.8. The molecule has 0 radical (unpaired) electrons. The minimum atomic E-state index is 0.172. The molecule has 3 aromatic rings. The molecule has 0 aliphatic heterocycles. The first-order valence-electron chi connectivity index (χ1n) is 8.37. The Labute approximate surface area is 148 Å². The molecule has 5 nitrogen and oxygen atoms in total. The van der Waals surface area contributed by atoms with Crippen LogP contribution in [0.5, 0.6) is 5.75 Å². The lowest BCUT2D eigenvalue weighted by molar-refractivity contribution is 0.332. The maximum Gasteiger partial charge on any atom is 0.224 e. The lowest BCUT2D eigenvalue weighted by Crippen LogP contribution is -2.14. The van der Waals surface area contributed by atoms with Crippen LogP contribution in [-0.2, 0) is 0 Å². The smallest absolute Gasteiger partial charge is 0.224 e. The number of ether oxygens (including phenoxy) is 1. The van der Waals surface area contributed by atoms with E-state index in [0.29, 0.717) is 19.1 Å². The van der Waals surface area contributed by atoms with Gasteiger partial charge in [-0.1, -0.05) is 48.5 Å². The van der Waals surface area contributed by atoms with E-state index in [4.69, 9.17) is 4.74 Å². The predicted octanol–water partition coefficient (Wildman–Crippen LogP) is 4.14. The van der Waals surface area contributed by atoms with Crippen LogP contribution in [0.15, 0.2) is 72.9 Å². The van der Waals surface area contributed by atoms with Crippen LogP contribution in [0.1, 0.15) is 18.5 Å². The largest absolute Gasteiger partial charge is 0.492 e. The van der Waals surface area contributed by atoms with Crippen LogP contribution in [0.3, 0.4) is 0 Å². The molecule has 5 heteroatoms. The zero-order valence-corrected chi connectivity index (χ0v) is 14.2. The van der Waals surface area contributed by atoms with Gasteiger partial charge < -0.3 is 15.4 Å². The summed E-state index contributed by atoms with van der Waals surface area (Å²) in [5.41, 5.74) is 1.21. The Morgan fingerprint density at radius 3 is 2.44 bits per heavy atom. The molecule has 1 aromatic heterocycles. The monoisotopic (exact) mass is 334 g/mol. The Morgan fingerprint density at radius 1 is 0.960 bits per heavy atom. The first-order chi connectivity index (χ1) is 12.3. The van der Waals surface area contributed by atoms with E-state index in [0.717, 1.165) is 11.6 Å². The third-order valence-corrected chi connectivity index (χ3v) is 3.72. The molecule has 2 N–H and O–H groups in total. The number of nitrogens with zero attached hydrogens (tertiary/aromatic N) is 2. The third-order valence-electron chi connectivity index (χ3n) is 3.72. The summed E-state index contributed by atoms with van der Waals surface area (Å²) in [7, 11) is 0. The van der Waals surface area contributed by atoms with E-state index in [1.54, 1.807) is 6.20 Å². The zero-order chi connectivity index (χ0) is 17.3. The molecule has 0 amide bonds. The summed E-state index contributed by atoms with van der Waals surface area (Å²) in [6.07, 6.45) is 1.74. The van der Waals surface area contributed by atoms with Gasteiger partial charge in [0.05, 0.1) is 6.54 Å². The van der Waals surface area contributed by atoms with Gasteiger partial charge in [0.2, 0.25) is 5.95 Å². The van der Waals surface area contributed by atoms with E-state index < -0.39 is 0 Å². The van der Waals surface area contributed by atoms with Crippen molar-refractivity contribution in [3.8, 4) is 5.75 Å². The summed E-state index contributed by atoms with van der Waals surface area (Å²) in [5, 5.41) is 6.57. The van der Waals surface area contributed by atoms with Crippen LogP contribution >= 0.6 is 0 Å². The number of nitrogens with one attached hydrogen (secondary N) is 2. The molecule has 128 valence electrons. The second kappa shape index (κ2) is 8.68. The fourth-order valence-corrected chi connectivity index (χ4v) is 2.42. The first-order valence-corrected chi connectivity index (χ1v) is 8.37. The SMILES string of the molecule is C[C@@H](Nc1ccnc(NCCOc2ccccc2)n1)c1ccccc1. The van der Waals surface area contributed by atoms with Crippen LogP contribution < -0.4 is 15.4 Å². The van der Waals surface area contributed by atoms with Crippen molar-refractivity contribution < 1.29 is 4.74 Å². The normalized spacial score (nSPS) is 11.6. The zero-order valence-electron chi connectivity index (χ0n) is 14.2. The highest BCUT2D eigenvalue weighted by molar-refractivity contribution is 5.42. The van der Waals surface area contributed by atoms with Crippen molar-refractivity contribution in [3.63, 3.8) is 0 Å². The predicted molar refractivity (Wildman–Crippen MR) is 101 cm³/mol. The molecule has 0 spiro atoms. The van der Waals surface area contributed by atoms with Gasteiger partial charge in [-0.25, -0.2) is 4.98 Å². The summed E-state index contributed by atoms with van der Waals surface area (Å²) in [6.45, 7) is 3.29. The summed E-state index contributed by atoms with van der Waals surface area (Å²) < 4.78 is 5.65. The summed E-state index contributed by atoms with van der Waals surface area (Å²) >= 11 is 0. The number of para-hydroxylation sites is 1.